The van der Waals surface area contributed by atoms with Crippen LogP contribution in [0.25, 0.3) is 0 Å². The zero-order valence-corrected chi connectivity index (χ0v) is 14.9. The Morgan fingerprint density at radius 1 is 0.826 bits per heavy atom. The van der Waals surface area contributed by atoms with E-state index in [4.69, 9.17) is 0 Å². The van der Waals surface area contributed by atoms with E-state index in [1.165, 1.54) is 48.5 Å². The molecule has 1 aromatic rings. The Labute approximate surface area is 143 Å². The molecule has 0 saturated heterocycles. The first kappa shape index (κ1) is 18.1. The maximum Gasteiger partial charge on any atom is 0.261 e. The molecule has 0 N–H and O–H groups in total. The summed E-state index contributed by atoms with van der Waals surface area (Å²) in [4.78, 5) is 25.8. The largest absolute Gasteiger partial charge is 0.274 e. The molecule has 23 heavy (non-hydrogen) atoms. The molecule has 4 heteroatoms. The normalized spacial score (nSPS) is 13.7. The third-order valence-electron chi connectivity index (χ3n) is 4.19. The number of rotatable bonds is 11. The molecule has 1 aliphatic rings. The lowest BCUT2D eigenvalue weighted by molar-refractivity contribution is 0.0651. The summed E-state index contributed by atoms with van der Waals surface area (Å²) in [5, 5.41) is 0. The first-order chi connectivity index (χ1) is 11.3. The minimum atomic E-state index is -0.128. The first-order valence-corrected chi connectivity index (χ1v) is 9.94. The standard InChI is InChI=1S/C19H27NO2S/c1-2-3-9-14-23-15-10-5-4-8-13-20-18(21)16-11-6-7-12-17(16)19(20)22/h6-7,11-12H,2-5,8-10,13-15H2,1H3. The van der Waals surface area contributed by atoms with Crippen molar-refractivity contribution in [1.82, 2.24) is 4.90 Å². The summed E-state index contributed by atoms with van der Waals surface area (Å²) in [5.41, 5.74) is 1.11. The molecule has 126 valence electrons. The average molecular weight is 333 g/mol. The van der Waals surface area contributed by atoms with Gasteiger partial charge in [0.25, 0.3) is 11.8 Å². The van der Waals surface area contributed by atoms with Crippen molar-refractivity contribution >= 4 is 23.6 Å². The lowest BCUT2D eigenvalue weighted by Gasteiger charge is -2.13. The van der Waals surface area contributed by atoms with E-state index in [1.807, 2.05) is 12.1 Å². The molecule has 0 aromatic heterocycles. The fourth-order valence-corrected chi connectivity index (χ4v) is 3.85. The van der Waals surface area contributed by atoms with Crippen LogP contribution in [0.4, 0.5) is 0 Å². The quantitative estimate of drug-likeness (QED) is 0.432. The molecular formula is C19H27NO2S. The molecule has 2 amide bonds. The van der Waals surface area contributed by atoms with Gasteiger partial charge in [0.1, 0.15) is 0 Å². The van der Waals surface area contributed by atoms with Crippen molar-refractivity contribution in [2.24, 2.45) is 0 Å². The third-order valence-corrected chi connectivity index (χ3v) is 5.35. The van der Waals surface area contributed by atoms with E-state index >= 15 is 0 Å². The Balaban J connectivity index is 1.57. The predicted octanol–water partition coefficient (Wildman–Crippen LogP) is 4.77. The van der Waals surface area contributed by atoms with Crippen molar-refractivity contribution in [3.63, 3.8) is 0 Å². The minimum Gasteiger partial charge on any atom is -0.274 e. The molecule has 2 rings (SSSR count). The van der Waals surface area contributed by atoms with E-state index in [0.717, 1.165) is 12.8 Å². The second-order valence-corrected chi connectivity index (χ2v) is 7.27. The van der Waals surface area contributed by atoms with Gasteiger partial charge in [-0.15, -0.1) is 0 Å². The van der Waals surface area contributed by atoms with Gasteiger partial charge in [-0.2, -0.15) is 11.8 Å². The van der Waals surface area contributed by atoms with Gasteiger partial charge in [-0.1, -0.05) is 44.7 Å². The van der Waals surface area contributed by atoms with E-state index in [1.54, 1.807) is 12.1 Å². The maximum absolute atomic E-state index is 12.2. The number of hydrogen-bond donors (Lipinski definition) is 0. The molecule has 0 spiro atoms. The molecule has 0 aliphatic carbocycles. The summed E-state index contributed by atoms with van der Waals surface area (Å²) in [7, 11) is 0. The van der Waals surface area contributed by atoms with Crippen molar-refractivity contribution in [2.45, 2.75) is 51.9 Å². The molecule has 0 atom stereocenters. The summed E-state index contributed by atoms with van der Waals surface area (Å²) in [5.74, 6) is 2.26. The molecule has 0 unspecified atom stereocenters. The van der Waals surface area contributed by atoms with Gasteiger partial charge in [0.15, 0.2) is 0 Å². The number of hydrogen-bond acceptors (Lipinski definition) is 3. The highest BCUT2D eigenvalue weighted by molar-refractivity contribution is 7.99. The Bertz CT molecular complexity index is 495. The Kier molecular flexibility index (Phi) is 7.66. The summed E-state index contributed by atoms with van der Waals surface area (Å²) in [6, 6.07) is 7.11. The zero-order chi connectivity index (χ0) is 16.5. The van der Waals surface area contributed by atoms with Crippen molar-refractivity contribution < 1.29 is 9.59 Å². The number of fused-ring (bicyclic) bond motifs is 1. The van der Waals surface area contributed by atoms with Gasteiger partial charge >= 0.3 is 0 Å². The van der Waals surface area contributed by atoms with Gasteiger partial charge in [-0.25, -0.2) is 0 Å². The number of imide groups is 1. The van der Waals surface area contributed by atoms with Crippen molar-refractivity contribution in [2.75, 3.05) is 18.1 Å². The van der Waals surface area contributed by atoms with Crippen molar-refractivity contribution in [3.8, 4) is 0 Å². The van der Waals surface area contributed by atoms with Crippen LogP contribution in [0, 0.1) is 0 Å². The van der Waals surface area contributed by atoms with Crippen molar-refractivity contribution in [3.05, 3.63) is 35.4 Å². The molecule has 1 aromatic carbocycles. The fraction of sp³-hybridized carbons (Fsp3) is 0.579. The Morgan fingerprint density at radius 3 is 2.00 bits per heavy atom. The van der Waals surface area contributed by atoms with Crippen LogP contribution in [-0.2, 0) is 0 Å². The predicted molar refractivity (Wildman–Crippen MR) is 97.1 cm³/mol. The van der Waals surface area contributed by atoms with Crippen LogP contribution in [0.1, 0.15) is 72.6 Å². The first-order valence-electron chi connectivity index (χ1n) is 8.78. The number of unbranched alkanes of at least 4 members (excludes halogenated alkanes) is 5. The van der Waals surface area contributed by atoms with Gasteiger partial charge in [-0.3, -0.25) is 14.5 Å². The number of carbonyl (C=O) groups excluding carboxylic acids is 2. The minimum absolute atomic E-state index is 0.128. The highest BCUT2D eigenvalue weighted by Gasteiger charge is 2.34. The molecule has 1 aliphatic heterocycles. The summed E-state index contributed by atoms with van der Waals surface area (Å²) in [6.07, 6.45) is 8.38. The van der Waals surface area contributed by atoms with Gasteiger partial charge in [0.2, 0.25) is 0 Å². The molecule has 0 saturated carbocycles. The third kappa shape index (κ3) is 5.10. The van der Waals surface area contributed by atoms with Crippen LogP contribution < -0.4 is 0 Å². The second-order valence-electron chi connectivity index (χ2n) is 6.04. The molecule has 0 fully saturated rings. The van der Waals surface area contributed by atoms with Crippen LogP contribution in [-0.4, -0.2) is 34.8 Å². The van der Waals surface area contributed by atoms with E-state index in [0.29, 0.717) is 17.7 Å². The summed E-state index contributed by atoms with van der Waals surface area (Å²) >= 11 is 2.05. The van der Waals surface area contributed by atoms with Crippen LogP contribution in [0.2, 0.25) is 0 Å². The number of carbonyl (C=O) groups is 2. The van der Waals surface area contributed by atoms with Crippen LogP contribution in [0.5, 0.6) is 0 Å². The summed E-state index contributed by atoms with van der Waals surface area (Å²) < 4.78 is 0. The molecule has 1 heterocycles. The number of thioether (sulfide) groups is 1. The Morgan fingerprint density at radius 2 is 1.39 bits per heavy atom. The maximum atomic E-state index is 12.2. The number of benzene rings is 1. The van der Waals surface area contributed by atoms with Gasteiger partial charge < -0.3 is 0 Å². The van der Waals surface area contributed by atoms with Crippen molar-refractivity contribution in [1.29, 1.82) is 0 Å². The highest BCUT2D eigenvalue weighted by atomic mass is 32.2. The van der Waals surface area contributed by atoms with E-state index in [-0.39, 0.29) is 11.8 Å². The lowest BCUT2D eigenvalue weighted by atomic mass is 10.1. The average Bonchev–Trinajstić information content (AvgIpc) is 2.81. The smallest absolute Gasteiger partial charge is 0.261 e. The number of nitrogens with zero attached hydrogens (tertiary/aromatic N) is 1. The van der Waals surface area contributed by atoms with Crippen LogP contribution in [0.3, 0.4) is 0 Å². The topological polar surface area (TPSA) is 37.4 Å². The van der Waals surface area contributed by atoms with E-state index in [2.05, 4.69) is 18.7 Å². The van der Waals surface area contributed by atoms with Crippen LogP contribution >= 0.6 is 11.8 Å². The Hall–Kier alpha value is -1.29. The van der Waals surface area contributed by atoms with Gasteiger partial charge in [-0.05, 0) is 42.9 Å². The van der Waals surface area contributed by atoms with Gasteiger partial charge in [0, 0.05) is 6.54 Å². The second kappa shape index (κ2) is 9.76. The highest BCUT2D eigenvalue weighted by Crippen LogP contribution is 2.22. The molecule has 3 nitrogen and oxygen atoms in total. The van der Waals surface area contributed by atoms with E-state index < -0.39 is 0 Å². The van der Waals surface area contributed by atoms with E-state index in [9.17, 15) is 9.59 Å². The monoisotopic (exact) mass is 333 g/mol. The molecular weight excluding hydrogens is 306 g/mol. The SMILES string of the molecule is CCCCCSCCCCCCN1C(=O)c2ccccc2C1=O. The van der Waals surface area contributed by atoms with Gasteiger partial charge in [0.05, 0.1) is 11.1 Å². The number of amides is 2. The lowest BCUT2D eigenvalue weighted by Crippen LogP contribution is -2.30. The molecule has 0 bridgehead atoms. The van der Waals surface area contributed by atoms with Crippen LogP contribution in [0.15, 0.2) is 24.3 Å². The zero-order valence-electron chi connectivity index (χ0n) is 14.1. The molecule has 0 radical (unpaired) electrons. The summed E-state index contributed by atoms with van der Waals surface area (Å²) in [6.45, 7) is 2.79. The fourth-order valence-electron chi connectivity index (χ4n) is 2.83.